The Morgan fingerprint density at radius 1 is 1.17 bits per heavy atom. The number of benzene rings is 1. The summed E-state index contributed by atoms with van der Waals surface area (Å²) >= 11 is 0. The Morgan fingerprint density at radius 2 is 1.92 bits per heavy atom. The van der Waals surface area contributed by atoms with Gasteiger partial charge in [0.25, 0.3) is 6.01 Å². The standard InChI is InChI=1S/C24H27F3N6O3/c25-24(26,27)36-19-4-2-17(3-5-19)23(34)7-9-32(10-8-23)21-6-1-16(12-30-21)11-29-18-13-33-14-20(28)31-22(33)35-15-18/h1-6,12,14,18,29,34H,7-11,13,15,28H2. The van der Waals surface area contributed by atoms with Crippen molar-refractivity contribution in [1.29, 1.82) is 0 Å². The molecular formula is C24H27F3N6O3. The summed E-state index contributed by atoms with van der Waals surface area (Å²) in [6.07, 6.45) is -0.296. The number of nitrogens with two attached hydrogens (primary N) is 1. The number of nitrogen functional groups attached to an aromatic ring is 1. The van der Waals surface area contributed by atoms with Crippen LogP contribution in [0.25, 0.3) is 0 Å². The van der Waals surface area contributed by atoms with Gasteiger partial charge >= 0.3 is 6.36 Å². The second kappa shape index (κ2) is 9.51. The van der Waals surface area contributed by atoms with Crippen LogP contribution in [0.15, 0.2) is 48.8 Å². The Kier molecular flexibility index (Phi) is 6.39. The Morgan fingerprint density at radius 3 is 2.58 bits per heavy atom. The minimum absolute atomic E-state index is 0.125. The lowest BCUT2D eigenvalue weighted by molar-refractivity contribution is -0.274. The molecule has 2 aliphatic heterocycles. The lowest BCUT2D eigenvalue weighted by Crippen LogP contribution is -2.43. The summed E-state index contributed by atoms with van der Waals surface area (Å²) in [6, 6.07) is 10.1. The molecule has 9 nitrogen and oxygen atoms in total. The molecule has 3 aromatic rings. The highest BCUT2D eigenvalue weighted by molar-refractivity contribution is 5.41. The zero-order valence-corrected chi connectivity index (χ0v) is 19.4. The van der Waals surface area contributed by atoms with Gasteiger partial charge in [-0.25, -0.2) is 4.98 Å². The first-order valence-electron chi connectivity index (χ1n) is 11.6. The van der Waals surface area contributed by atoms with Crippen molar-refractivity contribution in [1.82, 2.24) is 19.9 Å². The molecule has 12 heteroatoms. The Labute approximate surface area is 205 Å². The second-order valence-electron chi connectivity index (χ2n) is 9.10. The van der Waals surface area contributed by atoms with E-state index >= 15 is 0 Å². The van der Waals surface area contributed by atoms with Crippen LogP contribution in [0.5, 0.6) is 11.8 Å². The number of halogens is 3. The normalized spacial score (nSPS) is 19.4. The molecule has 0 bridgehead atoms. The number of nitrogens with one attached hydrogen (secondary N) is 1. The molecule has 0 saturated carbocycles. The number of imidazole rings is 1. The van der Waals surface area contributed by atoms with Crippen molar-refractivity contribution in [2.75, 3.05) is 30.3 Å². The van der Waals surface area contributed by atoms with Crippen molar-refractivity contribution in [3.63, 3.8) is 0 Å². The van der Waals surface area contributed by atoms with Gasteiger partial charge in [-0.2, -0.15) is 4.98 Å². The monoisotopic (exact) mass is 504 g/mol. The van der Waals surface area contributed by atoms with E-state index in [2.05, 4.69) is 24.9 Å². The van der Waals surface area contributed by atoms with Gasteiger partial charge in [0.15, 0.2) is 0 Å². The minimum Gasteiger partial charge on any atom is -0.463 e. The maximum Gasteiger partial charge on any atom is 0.573 e. The molecule has 1 fully saturated rings. The fourth-order valence-corrected chi connectivity index (χ4v) is 4.58. The van der Waals surface area contributed by atoms with Crippen LogP contribution in [0.1, 0.15) is 24.0 Å². The minimum atomic E-state index is -4.74. The van der Waals surface area contributed by atoms with E-state index in [1.54, 1.807) is 6.20 Å². The van der Waals surface area contributed by atoms with Crippen LogP contribution in [0.3, 0.4) is 0 Å². The average Bonchev–Trinajstić information content (AvgIpc) is 3.22. The molecule has 1 atom stereocenters. The zero-order valence-electron chi connectivity index (χ0n) is 19.4. The third kappa shape index (κ3) is 5.49. The summed E-state index contributed by atoms with van der Waals surface area (Å²) in [5.41, 5.74) is 6.21. The number of hydrogen-bond donors (Lipinski definition) is 3. The number of alkyl halides is 3. The molecule has 0 aliphatic carbocycles. The van der Waals surface area contributed by atoms with E-state index in [0.29, 0.717) is 56.5 Å². The van der Waals surface area contributed by atoms with E-state index in [4.69, 9.17) is 10.5 Å². The number of rotatable bonds is 6. The molecule has 4 heterocycles. The van der Waals surface area contributed by atoms with Gasteiger partial charge in [0.2, 0.25) is 0 Å². The predicted octanol–water partition coefficient (Wildman–Crippen LogP) is 2.80. The predicted molar refractivity (Wildman–Crippen MR) is 125 cm³/mol. The molecule has 1 unspecified atom stereocenters. The summed E-state index contributed by atoms with van der Waals surface area (Å²) in [4.78, 5) is 10.8. The quantitative estimate of drug-likeness (QED) is 0.470. The lowest BCUT2D eigenvalue weighted by Gasteiger charge is -2.39. The van der Waals surface area contributed by atoms with E-state index in [0.717, 1.165) is 17.9 Å². The summed E-state index contributed by atoms with van der Waals surface area (Å²) in [6.45, 7) is 3.00. The molecule has 0 amide bonds. The highest BCUT2D eigenvalue weighted by Crippen LogP contribution is 2.35. The third-order valence-electron chi connectivity index (χ3n) is 6.53. The summed E-state index contributed by atoms with van der Waals surface area (Å²) in [5, 5.41) is 14.6. The maximum atomic E-state index is 12.4. The number of nitrogens with zero attached hydrogens (tertiary/aromatic N) is 4. The Balaban J connectivity index is 1.12. The molecule has 36 heavy (non-hydrogen) atoms. The maximum absolute atomic E-state index is 12.4. The summed E-state index contributed by atoms with van der Waals surface area (Å²) in [5.74, 6) is 0.947. The Hall–Kier alpha value is -3.51. The summed E-state index contributed by atoms with van der Waals surface area (Å²) in [7, 11) is 0. The SMILES string of the molecule is Nc1cn2c(n1)OCC(NCc1ccc(N3CCC(O)(c4ccc(OC(F)(F)F)cc4)CC3)nc1)C2. The first-order valence-corrected chi connectivity index (χ1v) is 11.6. The molecular weight excluding hydrogens is 477 g/mol. The third-order valence-corrected chi connectivity index (χ3v) is 6.53. The molecule has 2 aliphatic rings. The molecule has 0 spiro atoms. The number of ether oxygens (including phenoxy) is 2. The van der Waals surface area contributed by atoms with E-state index in [1.807, 2.05) is 22.9 Å². The van der Waals surface area contributed by atoms with Crippen LogP contribution in [0.2, 0.25) is 0 Å². The number of piperidine rings is 1. The van der Waals surface area contributed by atoms with Crippen molar-refractivity contribution < 1.29 is 27.8 Å². The van der Waals surface area contributed by atoms with Crippen LogP contribution in [-0.4, -0.2) is 51.7 Å². The molecule has 1 aromatic carbocycles. The van der Waals surface area contributed by atoms with Gasteiger partial charge in [0, 0.05) is 32.4 Å². The largest absolute Gasteiger partial charge is 0.573 e. The first-order chi connectivity index (χ1) is 17.2. The fraction of sp³-hybridized carbons (Fsp3) is 0.417. The van der Waals surface area contributed by atoms with Gasteiger partial charge in [0.05, 0.1) is 17.8 Å². The van der Waals surface area contributed by atoms with Crippen LogP contribution in [0, 0.1) is 0 Å². The van der Waals surface area contributed by atoms with Crippen molar-refractivity contribution in [2.45, 2.75) is 43.9 Å². The fourth-order valence-electron chi connectivity index (χ4n) is 4.58. The molecule has 4 N–H and O–H groups in total. The van der Waals surface area contributed by atoms with Crippen LogP contribution >= 0.6 is 0 Å². The average molecular weight is 505 g/mol. The number of hydrogen-bond acceptors (Lipinski definition) is 8. The van der Waals surface area contributed by atoms with Gasteiger partial charge in [0.1, 0.15) is 24.0 Å². The van der Waals surface area contributed by atoms with E-state index in [-0.39, 0.29) is 11.8 Å². The van der Waals surface area contributed by atoms with Gasteiger partial charge in [-0.3, -0.25) is 4.57 Å². The number of aliphatic hydroxyl groups is 1. The van der Waals surface area contributed by atoms with Gasteiger partial charge in [-0.1, -0.05) is 18.2 Å². The number of pyridine rings is 1. The lowest BCUT2D eigenvalue weighted by atomic mass is 9.84. The van der Waals surface area contributed by atoms with Crippen LogP contribution in [0.4, 0.5) is 24.8 Å². The summed E-state index contributed by atoms with van der Waals surface area (Å²) < 4.78 is 48.6. The van der Waals surface area contributed by atoms with Crippen molar-refractivity contribution >= 4 is 11.6 Å². The van der Waals surface area contributed by atoms with E-state index in [9.17, 15) is 18.3 Å². The number of anilines is 2. The molecule has 5 rings (SSSR count). The molecule has 192 valence electrons. The van der Waals surface area contributed by atoms with Crippen molar-refractivity contribution in [2.24, 2.45) is 0 Å². The second-order valence-corrected chi connectivity index (χ2v) is 9.10. The zero-order chi connectivity index (χ0) is 25.3. The molecule has 2 aromatic heterocycles. The first kappa shape index (κ1) is 24.2. The topological polar surface area (TPSA) is 111 Å². The van der Waals surface area contributed by atoms with Gasteiger partial charge in [-0.15, -0.1) is 13.2 Å². The highest BCUT2D eigenvalue weighted by Gasteiger charge is 2.35. The molecule has 1 saturated heterocycles. The van der Waals surface area contributed by atoms with Gasteiger partial charge in [-0.05, 0) is 42.2 Å². The van der Waals surface area contributed by atoms with E-state index in [1.165, 1.54) is 24.3 Å². The number of fused-ring (bicyclic) bond motifs is 1. The highest BCUT2D eigenvalue weighted by atomic mass is 19.4. The van der Waals surface area contributed by atoms with Crippen molar-refractivity contribution in [3.05, 3.63) is 59.9 Å². The van der Waals surface area contributed by atoms with Crippen LogP contribution < -0.4 is 25.4 Å². The van der Waals surface area contributed by atoms with Crippen molar-refractivity contribution in [3.8, 4) is 11.8 Å². The van der Waals surface area contributed by atoms with Crippen LogP contribution in [-0.2, 0) is 18.7 Å². The molecule has 0 radical (unpaired) electrons. The van der Waals surface area contributed by atoms with Gasteiger partial charge < -0.3 is 30.5 Å². The van der Waals surface area contributed by atoms with E-state index < -0.39 is 12.0 Å². The number of aromatic nitrogens is 3. The Bertz CT molecular complexity index is 1180. The smallest absolute Gasteiger partial charge is 0.463 e.